The van der Waals surface area contributed by atoms with Gasteiger partial charge in [0.25, 0.3) is 5.91 Å². The minimum absolute atomic E-state index is 0.291. The highest BCUT2D eigenvalue weighted by molar-refractivity contribution is 5.96. The van der Waals surface area contributed by atoms with Crippen LogP contribution in [0.1, 0.15) is 33.5 Å². The van der Waals surface area contributed by atoms with E-state index in [-0.39, 0.29) is 12.5 Å². The Labute approximate surface area is 175 Å². The number of benzene rings is 3. The molecule has 0 spiro atoms. The van der Waals surface area contributed by atoms with Gasteiger partial charge in [-0.1, -0.05) is 48.5 Å². The summed E-state index contributed by atoms with van der Waals surface area (Å²) in [6.07, 6.45) is 3.27. The largest absolute Gasteiger partial charge is 0.488 e. The molecule has 5 heteroatoms. The van der Waals surface area contributed by atoms with Gasteiger partial charge >= 0.3 is 5.97 Å². The first-order chi connectivity index (χ1) is 14.7. The van der Waals surface area contributed by atoms with Gasteiger partial charge in [-0.05, 0) is 60.2 Å². The van der Waals surface area contributed by atoms with Crippen LogP contribution in [-0.4, -0.2) is 18.5 Å². The standard InChI is InChI=1S/C25H23NO4/c27-24(26-21-14-13-19-9-6-10-20(19)15-21)17-30-25(28)22-11-4-5-12-23(22)29-16-18-7-2-1-3-8-18/h1-5,7-8,11-15H,6,9-10,16-17H2,(H,26,27). The molecule has 1 N–H and O–H groups in total. The second-order valence-electron chi connectivity index (χ2n) is 7.23. The first-order valence-corrected chi connectivity index (χ1v) is 10.0. The van der Waals surface area contributed by atoms with E-state index in [0.29, 0.717) is 17.9 Å². The van der Waals surface area contributed by atoms with Gasteiger partial charge in [-0.15, -0.1) is 0 Å². The number of ether oxygens (including phenoxy) is 2. The van der Waals surface area contributed by atoms with Crippen molar-refractivity contribution < 1.29 is 19.1 Å². The molecule has 0 atom stereocenters. The van der Waals surface area contributed by atoms with Crippen LogP contribution in [0.4, 0.5) is 5.69 Å². The normalized spacial score (nSPS) is 12.1. The molecule has 1 aliphatic carbocycles. The molecule has 1 amide bonds. The molecule has 0 saturated carbocycles. The number of fused-ring (bicyclic) bond motifs is 1. The average Bonchev–Trinajstić information content (AvgIpc) is 3.25. The molecule has 4 rings (SSSR count). The lowest BCUT2D eigenvalue weighted by atomic mass is 10.1. The number of carbonyl (C=O) groups excluding carboxylic acids is 2. The van der Waals surface area contributed by atoms with Gasteiger partial charge in [0.1, 0.15) is 17.9 Å². The lowest BCUT2D eigenvalue weighted by Gasteiger charge is -2.12. The number of esters is 1. The predicted octanol–water partition coefficient (Wildman–Crippen LogP) is 4.55. The number of anilines is 1. The van der Waals surface area contributed by atoms with E-state index < -0.39 is 5.97 Å². The van der Waals surface area contributed by atoms with E-state index >= 15 is 0 Å². The maximum Gasteiger partial charge on any atom is 0.342 e. The molecule has 5 nitrogen and oxygen atoms in total. The second-order valence-corrected chi connectivity index (χ2v) is 7.23. The topological polar surface area (TPSA) is 64.6 Å². The van der Waals surface area contributed by atoms with Crippen molar-refractivity contribution in [1.29, 1.82) is 0 Å². The van der Waals surface area contributed by atoms with Crippen molar-refractivity contribution in [2.75, 3.05) is 11.9 Å². The molecule has 0 saturated heterocycles. The minimum atomic E-state index is -0.595. The van der Waals surface area contributed by atoms with Crippen molar-refractivity contribution in [2.45, 2.75) is 25.9 Å². The lowest BCUT2D eigenvalue weighted by molar-refractivity contribution is -0.119. The lowest BCUT2D eigenvalue weighted by Crippen LogP contribution is -2.21. The molecule has 152 valence electrons. The summed E-state index contributed by atoms with van der Waals surface area (Å²) >= 11 is 0. The molecule has 3 aromatic carbocycles. The van der Waals surface area contributed by atoms with Crippen LogP contribution >= 0.6 is 0 Å². The van der Waals surface area contributed by atoms with E-state index in [9.17, 15) is 9.59 Å². The molecular weight excluding hydrogens is 378 g/mol. The SMILES string of the molecule is O=C(COC(=O)c1ccccc1OCc1ccccc1)Nc1ccc2c(c1)CCC2. The molecule has 0 radical (unpaired) electrons. The number of amides is 1. The molecule has 0 bridgehead atoms. The molecule has 0 aliphatic heterocycles. The molecule has 30 heavy (non-hydrogen) atoms. The summed E-state index contributed by atoms with van der Waals surface area (Å²) in [5, 5.41) is 2.79. The van der Waals surface area contributed by atoms with Crippen LogP contribution in [-0.2, 0) is 29.0 Å². The van der Waals surface area contributed by atoms with E-state index in [4.69, 9.17) is 9.47 Å². The first kappa shape index (κ1) is 19.7. The highest BCUT2D eigenvalue weighted by Gasteiger charge is 2.16. The Bertz CT molecular complexity index is 1050. The van der Waals surface area contributed by atoms with Gasteiger partial charge in [-0.25, -0.2) is 4.79 Å². The monoisotopic (exact) mass is 401 g/mol. The van der Waals surface area contributed by atoms with E-state index in [1.165, 1.54) is 11.1 Å². The summed E-state index contributed by atoms with van der Waals surface area (Å²) in [6, 6.07) is 22.5. The van der Waals surface area contributed by atoms with Gasteiger partial charge < -0.3 is 14.8 Å². The zero-order valence-electron chi connectivity index (χ0n) is 16.6. The van der Waals surface area contributed by atoms with Gasteiger partial charge in [0, 0.05) is 5.69 Å². The number of rotatable bonds is 7. The summed E-state index contributed by atoms with van der Waals surface area (Å²) < 4.78 is 11.0. The zero-order chi connectivity index (χ0) is 20.8. The quantitative estimate of drug-likeness (QED) is 0.590. The van der Waals surface area contributed by atoms with E-state index in [0.717, 1.165) is 30.5 Å². The molecule has 0 aromatic heterocycles. The van der Waals surface area contributed by atoms with Crippen LogP contribution in [0.25, 0.3) is 0 Å². The second kappa shape index (κ2) is 9.27. The number of aryl methyl sites for hydroxylation is 2. The third kappa shape index (κ3) is 4.87. The van der Waals surface area contributed by atoms with Crippen LogP contribution < -0.4 is 10.1 Å². The Kier molecular flexibility index (Phi) is 6.09. The number of para-hydroxylation sites is 1. The highest BCUT2D eigenvalue weighted by atomic mass is 16.5. The van der Waals surface area contributed by atoms with Crippen LogP contribution in [0.5, 0.6) is 5.75 Å². The molecular formula is C25H23NO4. The van der Waals surface area contributed by atoms with E-state index in [2.05, 4.69) is 5.32 Å². The zero-order valence-corrected chi connectivity index (χ0v) is 16.6. The van der Waals surface area contributed by atoms with Gasteiger partial charge in [0.2, 0.25) is 0 Å². The highest BCUT2D eigenvalue weighted by Crippen LogP contribution is 2.25. The molecule has 0 unspecified atom stereocenters. The van der Waals surface area contributed by atoms with Crippen molar-refractivity contribution >= 4 is 17.6 Å². The maximum absolute atomic E-state index is 12.5. The number of carbonyl (C=O) groups is 2. The van der Waals surface area contributed by atoms with E-state index in [1.807, 2.05) is 48.5 Å². The number of hydrogen-bond donors (Lipinski definition) is 1. The Morgan fingerprint density at radius 1 is 0.867 bits per heavy atom. The summed E-state index contributed by atoms with van der Waals surface area (Å²) in [7, 11) is 0. The fraction of sp³-hybridized carbons (Fsp3) is 0.200. The van der Waals surface area contributed by atoms with Crippen LogP contribution in [0.15, 0.2) is 72.8 Å². The summed E-state index contributed by atoms with van der Waals surface area (Å²) in [6.45, 7) is -0.0209. The van der Waals surface area contributed by atoms with Crippen molar-refractivity contribution in [2.24, 2.45) is 0 Å². The van der Waals surface area contributed by atoms with Gasteiger partial charge in [0.15, 0.2) is 6.61 Å². The molecule has 0 heterocycles. The number of nitrogens with one attached hydrogen (secondary N) is 1. The van der Waals surface area contributed by atoms with Crippen molar-refractivity contribution in [1.82, 2.24) is 0 Å². The first-order valence-electron chi connectivity index (χ1n) is 10.0. The maximum atomic E-state index is 12.5. The van der Waals surface area contributed by atoms with Crippen molar-refractivity contribution in [3.63, 3.8) is 0 Å². The summed E-state index contributed by atoms with van der Waals surface area (Å²) in [5.41, 5.74) is 4.62. The summed E-state index contributed by atoms with van der Waals surface area (Å²) in [5.74, 6) is -0.544. The Morgan fingerprint density at radius 2 is 1.63 bits per heavy atom. The predicted molar refractivity (Wildman–Crippen MR) is 115 cm³/mol. The summed E-state index contributed by atoms with van der Waals surface area (Å²) in [4.78, 5) is 24.7. The van der Waals surface area contributed by atoms with Gasteiger partial charge in [-0.3, -0.25) is 4.79 Å². The average molecular weight is 401 g/mol. The minimum Gasteiger partial charge on any atom is -0.488 e. The smallest absolute Gasteiger partial charge is 0.342 e. The Balaban J connectivity index is 1.33. The molecule has 1 aliphatic rings. The van der Waals surface area contributed by atoms with Gasteiger partial charge in [-0.2, -0.15) is 0 Å². The van der Waals surface area contributed by atoms with E-state index in [1.54, 1.807) is 24.3 Å². The Hall–Kier alpha value is -3.60. The molecule has 0 fully saturated rings. The van der Waals surface area contributed by atoms with Crippen LogP contribution in [0, 0.1) is 0 Å². The van der Waals surface area contributed by atoms with Crippen LogP contribution in [0.3, 0.4) is 0 Å². The molecule has 3 aromatic rings. The van der Waals surface area contributed by atoms with Crippen molar-refractivity contribution in [3.05, 3.63) is 95.1 Å². The Morgan fingerprint density at radius 3 is 2.50 bits per heavy atom. The third-order valence-electron chi connectivity index (χ3n) is 5.06. The van der Waals surface area contributed by atoms with Gasteiger partial charge in [0.05, 0.1) is 0 Å². The van der Waals surface area contributed by atoms with Crippen molar-refractivity contribution in [3.8, 4) is 5.75 Å². The fourth-order valence-corrected chi connectivity index (χ4v) is 3.55. The third-order valence-corrected chi connectivity index (χ3v) is 5.06. The fourth-order valence-electron chi connectivity index (χ4n) is 3.55. The number of hydrogen-bond acceptors (Lipinski definition) is 4. The van der Waals surface area contributed by atoms with Crippen LogP contribution in [0.2, 0.25) is 0 Å².